The summed E-state index contributed by atoms with van der Waals surface area (Å²) in [5, 5.41) is 0. The number of hydrogen-bond donors (Lipinski definition) is 0. The molecule has 3 heteroatoms. The summed E-state index contributed by atoms with van der Waals surface area (Å²) in [7, 11) is 0. The molecule has 0 aromatic heterocycles. The molecule has 0 unspecified atom stereocenters. The quantitative estimate of drug-likeness (QED) is 0.735. The second kappa shape index (κ2) is 4.42. The molecule has 3 atom stereocenters. The first-order chi connectivity index (χ1) is 8.93. The zero-order valence-corrected chi connectivity index (χ0v) is 12.1. The number of fused-ring (bicyclic) bond motifs is 1. The smallest absolute Gasteiger partial charge is 0.157 e. The minimum absolute atomic E-state index is 0.0422. The summed E-state index contributed by atoms with van der Waals surface area (Å²) in [6.07, 6.45) is 7.02. The van der Waals surface area contributed by atoms with Gasteiger partial charge in [0.25, 0.3) is 0 Å². The third-order valence-electron chi connectivity index (χ3n) is 5.29. The Labute approximate surface area is 115 Å². The molecule has 1 aliphatic heterocycles. The SMILES string of the molecule is CC1(C)C=C[C@]2(C)C(=O)C[C@@H](CCC3OCCO3)[C@H]12. The van der Waals surface area contributed by atoms with E-state index in [0.717, 1.165) is 19.3 Å². The van der Waals surface area contributed by atoms with Gasteiger partial charge in [0.1, 0.15) is 5.78 Å². The van der Waals surface area contributed by atoms with Crippen LogP contribution in [0.1, 0.15) is 40.0 Å². The van der Waals surface area contributed by atoms with E-state index in [1.54, 1.807) is 0 Å². The summed E-state index contributed by atoms with van der Waals surface area (Å²) < 4.78 is 11.0. The summed E-state index contributed by atoms with van der Waals surface area (Å²) >= 11 is 0. The molecule has 106 valence electrons. The summed E-state index contributed by atoms with van der Waals surface area (Å²) in [5.41, 5.74) is -0.103. The number of ether oxygens (including phenoxy) is 2. The van der Waals surface area contributed by atoms with Crippen LogP contribution in [0, 0.1) is 22.7 Å². The van der Waals surface area contributed by atoms with Crippen molar-refractivity contribution < 1.29 is 14.3 Å². The predicted octanol–water partition coefficient (Wildman–Crippen LogP) is 2.95. The summed E-state index contributed by atoms with van der Waals surface area (Å²) in [6, 6.07) is 0. The van der Waals surface area contributed by atoms with E-state index in [-0.39, 0.29) is 17.1 Å². The number of hydrogen-bond acceptors (Lipinski definition) is 3. The summed E-state index contributed by atoms with van der Waals surface area (Å²) in [5.74, 6) is 1.32. The number of Topliss-reactive ketones (excluding diaryl/α,β-unsaturated/α-hetero) is 1. The van der Waals surface area contributed by atoms with E-state index in [1.165, 1.54) is 0 Å². The predicted molar refractivity (Wildman–Crippen MR) is 72.6 cm³/mol. The summed E-state index contributed by atoms with van der Waals surface area (Å²) in [4.78, 5) is 12.4. The molecule has 2 fully saturated rings. The molecule has 1 heterocycles. The molecule has 2 aliphatic carbocycles. The normalized spacial score (nSPS) is 41.1. The van der Waals surface area contributed by atoms with E-state index in [9.17, 15) is 4.79 Å². The van der Waals surface area contributed by atoms with Gasteiger partial charge in [-0.2, -0.15) is 0 Å². The number of carbonyl (C=O) groups is 1. The highest BCUT2D eigenvalue weighted by molar-refractivity contribution is 5.90. The maximum Gasteiger partial charge on any atom is 0.157 e. The maximum absolute atomic E-state index is 12.4. The van der Waals surface area contributed by atoms with E-state index in [0.29, 0.717) is 30.8 Å². The zero-order chi connectivity index (χ0) is 13.7. The average Bonchev–Trinajstić information content (AvgIpc) is 2.98. The van der Waals surface area contributed by atoms with Crippen LogP contribution in [-0.2, 0) is 14.3 Å². The lowest BCUT2D eigenvalue weighted by molar-refractivity contribution is -0.124. The Morgan fingerprint density at radius 3 is 2.53 bits per heavy atom. The highest BCUT2D eigenvalue weighted by Crippen LogP contribution is 2.59. The van der Waals surface area contributed by atoms with E-state index < -0.39 is 0 Å². The van der Waals surface area contributed by atoms with Gasteiger partial charge in [-0.1, -0.05) is 26.0 Å². The lowest BCUT2D eigenvalue weighted by Gasteiger charge is -2.35. The van der Waals surface area contributed by atoms with Crippen LogP contribution in [0.5, 0.6) is 0 Å². The van der Waals surface area contributed by atoms with E-state index in [4.69, 9.17) is 9.47 Å². The molecule has 0 amide bonds. The molecule has 19 heavy (non-hydrogen) atoms. The molecular weight excluding hydrogens is 240 g/mol. The van der Waals surface area contributed by atoms with Crippen molar-refractivity contribution in [3.63, 3.8) is 0 Å². The molecule has 0 aromatic carbocycles. The Morgan fingerprint density at radius 2 is 1.84 bits per heavy atom. The van der Waals surface area contributed by atoms with Crippen molar-refractivity contribution in [3.8, 4) is 0 Å². The third kappa shape index (κ3) is 2.07. The maximum atomic E-state index is 12.4. The van der Waals surface area contributed by atoms with E-state index >= 15 is 0 Å². The van der Waals surface area contributed by atoms with Gasteiger partial charge in [-0.25, -0.2) is 0 Å². The minimum atomic E-state index is -0.231. The van der Waals surface area contributed by atoms with Gasteiger partial charge in [-0.15, -0.1) is 0 Å². The Morgan fingerprint density at radius 1 is 1.16 bits per heavy atom. The first kappa shape index (κ1) is 13.3. The van der Waals surface area contributed by atoms with Crippen molar-refractivity contribution in [1.29, 1.82) is 0 Å². The molecule has 0 spiro atoms. The van der Waals surface area contributed by atoms with Crippen LogP contribution < -0.4 is 0 Å². The second-order valence-corrected chi connectivity index (χ2v) is 7.05. The largest absolute Gasteiger partial charge is 0.350 e. The molecule has 0 N–H and O–H groups in total. The number of allylic oxidation sites excluding steroid dienone is 2. The van der Waals surface area contributed by atoms with Gasteiger partial charge in [0.05, 0.1) is 13.2 Å². The van der Waals surface area contributed by atoms with Crippen molar-refractivity contribution in [1.82, 2.24) is 0 Å². The van der Waals surface area contributed by atoms with Crippen LogP contribution in [0.15, 0.2) is 12.2 Å². The highest BCUT2D eigenvalue weighted by atomic mass is 16.7. The topological polar surface area (TPSA) is 35.5 Å². The molecule has 0 aromatic rings. The first-order valence-corrected chi connectivity index (χ1v) is 7.40. The fourth-order valence-electron chi connectivity index (χ4n) is 4.50. The zero-order valence-electron chi connectivity index (χ0n) is 12.1. The van der Waals surface area contributed by atoms with Crippen LogP contribution in [0.3, 0.4) is 0 Å². The monoisotopic (exact) mass is 264 g/mol. The van der Waals surface area contributed by atoms with Crippen LogP contribution >= 0.6 is 0 Å². The summed E-state index contributed by atoms with van der Waals surface area (Å²) in [6.45, 7) is 8.06. The molecule has 3 nitrogen and oxygen atoms in total. The van der Waals surface area contributed by atoms with Crippen molar-refractivity contribution >= 4 is 5.78 Å². The molecule has 0 radical (unpaired) electrons. The van der Waals surface area contributed by atoms with Crippen LogP contribution in [-0.4, -0.2) is 25.3 Å². The number of carbonyl (C=O) groups excluding carboxylic acids is 1. The molecular formula is C16H24O3. The second-order valence-electron chi connectivity index (χ2n) is 7.05. The van der Waals surface area contributed by atoms with E-state index in [2.05, 4.69) is 32.9 Å². The van der Waals surface area contributed by atoms with Gasteiger partial charge in [0.2, 0.25) is 0 Å². The van der Waals surface area contributed by atoms with Crippen molar-refractivity contribution in [2.75, 3.05) is 13.2 Å². The average molecular weight is 264 g/mol. The van der Waals surface area contributed by atoms with Crippen molar-refractivity contribution in [2.24, 2.45) is 22.7 Å². The number of rotatable bonds is 3. The van der Waals surface area contributed by atoms with Crippen LogP contribution in [0.4, 0.5) is 0 Å². The minimum Gasteiger partial charge on any atom is -0.350 e. The van der Waals surface area contributed by atoms with Gasteiger partial charge in [-0.3, -0.25) is 4.79 Å². The fourth-order valence-corrected chi connectivity index (χ4v) is 4.50. The van der Waals surface area contributed by atoms with Gasteiger partial charge in [0, 0.05) is 11.8 Å². The molecule has 3 rings (SSSR count). The number of ketones is 1. The van der Waals surface area contributed by atoms with E-state index in [1.807, 2.05) is 0 Å². The Balaban J connectivity index is 1.70. The van der Waals surface area contributed by atoms with Gasteiger partial charge >= 0.3 is 0 Å². The highest BCUT2D eigenvalue weighted by Gasteiger charge is 2.57. The molecule has 1 saturated heterocycles. The lowest BCUT2D eigenvalue weighted by atomic mass is 9.68. The standard InChI is InChI=1S/C16H24O3/c1-15(2)6-7-16(3)12(17)10-11(14(15)16)4-5-13-18-8-9-19-13/h6-7,11,13-14H,4-5,8-10H2,1-3H3/t11-,14-,16-/m1/s1. The Kier molecular flexibility index (Phi) is 3.10. The van der Waals surface area contributed by atoms with Crippen LogP contribution in [0.2, 0.25) is 0 Å². The van der Waals surface area contributed by atoms with Crippen molar-refractivity contribution in [3.05, 3.63) is 12.2 Å². The Bertz CT molecular complexity index is 406. The first-order valence-electron chi connectivity index (χ1n) is 7.40. The molecule has 0 bridgehead atoms. The van der Waals surface area contributed by atoms with Crippen LogP contribution in [0.25, 0.3) is 0 Å². The van der Waals surface area contributed by atoms with Gasteiger partial charge in [-0.05, 0) is 37.0 Å². The van der Waals surface area contributed by atoms with Gasteiger partial charge < -0.3 is 9.47 Å². The third-order valence-corrected chi connectivity index (χ3v) is 5.29. The molecule has 1 saturated carbocycles. The van der Waals surface area contributed by atoms with Crippen molar-refractivity contribution in [2.45, 2.75) is 46.3 Å². The lowest BCUT2D eigenvalue weighted by Crippen LogP contribution is -2.33. The van der Waals surface area contributed by atoms with Gasteiger partial charge in [0.15, 0.2) is 6.29 Å². The fraction of sp³-hybridized carbons (Fsp3) is 0.812. The Hall–Kier alpha value is -0.670. The molecule has 3 aliphatic rings.